The molecule has 0 saturated carbocycles. The van der Waals surface area contributed by atoms with Gasteiger partial charge in [-0.25, -0.2) is 0 Å². The molecule has 0 radical (unpaired) electrons. The van der Waals surface area contributed by atoms with Crippen LogP contribution in [-0.4, -0.2) is 35.8 Å². The third-order valence-corrected chi connectivity index (χ3v) is 5.53. The maximum Gasteiger partial charge on any atom is 0.256 e. The molecule has 5 nitrogen and oxygen atoms in total. The topological polar surface area (TPSA) is 62.3 Å². The van der Waals surface area contributed by atoms with Gasteiger partial charge < -0.3 is 10.2 Å². The molecule has 1 atom stereocenters. The van der Waals surface area contributed by atoms with Gasteiger partial charge in [-0.3, -0.25) is 14.6 Å². The summed E-state index contributed by atoms with van der Waals surface area (Å²) in [5.74, 6) is 0.347. The van der Waals surface area contributed by atoms with Crippen molar-refractivity contribution in [3.8, 4) is 0 Å². The monoisotopic (exact) mass is 387 g/mol. The number of aromatic nitrogens is 1. The summed E-state index contributed by atoms with van der Waals surface area (Å²) < 4.78 is 0. The minimum absolute atomic E-state index is 0.0638. The molecule has 148 valence electrons. The van der Waals surface area contributed by atoms with E-state index < -0.39 is 0 Å². The number of hydrogen-bond donors (Lipinski definition) is 1. The Morgan fingerprint density at radius 2 is 1.79 bits per heavy atom. The number of nitrogens with zero attached hydrogens (tertiary/aromatic N) is 2. The minimum Gasteiger partial charge on any atom is -0.345 e. The summed E-state index contributed by atoms with van der Waals surface area (Å²) in [4.78, 5) is 31.7. The van der Waals surface area contributed by atoms with Crippen LogP contribution in [0.25, 0.3) is 10.9 Å². The highest BCUT2D eigenvalue weighted by Crippen LogP contribution is 2.32. The molecule has 1 aliphatic rings. The number of carbonyl (C=O) groups is 2. The lowest BCUT2D eigenvalue weighted by atomic mass is 9.84. The minimum atomic E-state index is -0.124. The lowest BCUT2D eigenvalue weighted by Crippen LogP contribution is -2.22. The SMILES string of the molecule is C[C@@H]1CCc2nc3ccccc3c(C(=O)Nc3ccc(C(=O)N(C)C)cc3)c2C1. The largest absolute Gasteiger partial charge is 0.345 e. The zero-order valence-corrected chi connectivity index (χ0v) is 17.0. The molecular weight excluding hydrogens is 362 g/mol. The Hall–Kier alpha value is -3.21. The van der Waals surface area contributed by atoms with Gasteiger partial charge in [0, 0.05) is 36.4 Å². The predicted octanol–water partition coefficient (Wildman–Crippen LogP) is 4.31. The second-order valence-corrected chi connectivity index (χ2v) is 8.01. The molecule has 0 saturated heterocycles. The zero-order chi connectivity index (χ0) is 20.5. The van der Waals surface area contributed by atoms with Crippen LogP contribution < -0.4 is 5.32 Å². The highest BCUT2D eigenvalue weighted by molar-refractivity contribution is 6.13. The number of benzene rings is 2. The first kappa shape index (κ1) is 19.1. The fourth-order valence-corrected chi connectivity index (χ4v) is 3.97. The lowest BCUT2D eigenvalue weighted by molar-refractivity contribution is 0.0827. The van der Waals surface area contributed by atoms with E-state index in [1.807, 2.05) is 24.3 Å². The van der Waals surface area contributed by atoms with Gasteiger partial charge in [-0.05, 0) is 61.1 Å². The molecule has 4 rings (SSSR count). The van der Waals surface area contributed by atoms with E-state index in [4.69, 9.17) is 4.98 Å². The number of nitrogens with one attached hydrogen (secondary N) is 1. The standard InChI is InChI=1S/C24H25N3O2/c1-15-8-13-21-19(14-15)22(18-6-4-5-7-20(18)26-21)23(28)25-17-11-9-16(10-12-17)24(29)27(2)3/h4-7,9-12,15H,8,13-14H2,1-3H3,(H,25,28)/t15-/m1/s1. The molecule has 2 amide bonds. The number of hydrogen-bond acceptors (Lipinski definition) is 3. The van der Waals surface area contributed by atoms with Crippen LogP contribution in [0.3, 0.4) is 0 Å². The summed E-state index contributed by atoms with van der Waals surface area (Å²) in [6.07, 6.45) is 2.87. The van der Waals surface area contributed by atoms with Crippen molar-refractivity contribution in [2.24, 2.45) is 5.92 Å². The molecule has 0 aliphatic heterocycles. The fourth-order valence-electron chi connectivity index (χ4n) is 3.97. The summed E-state index contributed by atoms with van der Waals surface area (Å²) in [5.41, 5.74) is 4.96. The van der Waals surface area contributed by atoms with Gasteiger partial charge in [-0.1, -0.05) is 25.1 Å². The Bertz CT molecular complexity index is 1090. The number of rotatable bonds is 3. The number of amides is 2. The van der Waals surface area contributed by atoms with Gasteiger partial charge in [0.25, 0.3) is 11.8 Å². The van der Waals surface area contributed by atoms with Crippen LogP contribution in [0.4, 0.5) is 5.69 Å². The van der Waals surface area contributed by atoms with E-state index in [1.165, 1.54) is 4.90 Å². The highest BCUT2D eigenvalue weighted by atomic mass is 16.2. The fraction of sp³-hybridized carbons (Fsp3) is 0.292. The second kappa shape index (κ2) is 7.66. The van der Waals surface area contributed by atoms with Crippen LogP contribution in [0.15, 0.2) is 48.5 Å². The maximum absolute atomic E-state index is 13.3. The van der Waals surface area contributed by atoms with Crippen molar-refractivity contribution < 1.29 is 9.59 Å². The number of fused-ring (bicyclic) bond motifs is 2. The Morgan fingerprint density at radius 3 is 2.52 bits per heavy atom. The average molecular weight is 387 g/mol. The van der Waals surface area contributed by atoms with Crippen LogP contribution in [0, 0.1) is 5.92 Å². The van der Waals surface area contributed by atoms with E-state index in [0.717, 1.165) is 47.0 Å². The van der Waals surface area contributed by atoms with Gasteiger partial charge in [0.2, 0.25) is 0 Å². The number of para-hydroxylation sites is 1. The number of aryl methyl sites for hydroxylation is 1. The van der Waals surface area contributed by atoms with E-state index >= 15 is 0 Å². The van der Waals surface area contributed by atoms with Crippen LogP contribution >= 0.6 is 0 Å². The number of carbonyl (C=O) groups excluding carboxylic acids is 2. The zero-order valence-electron chi connectivity index (χ0n) is 17.0. The van der Waals surface area contributed by atoms with Gasteiger partial charge >= 0.3 is 0 Å². The van der Waals surface area contributed by atoms with E-state index in [9.17, 15) is 9.59 Å². The molecule has 1 aromatic heterocycles. The molecule has 2 aromatic carbocycles. The van der Waals surface area contributed by atoms with Crippen LogP contribution in [0.1, 0.15) is 45.3 Å². The van der Waals surface area contributed by atoms with Crippen LogP contribution in [0.5, 0.6) is 0 Å². The van der Waals surface area contributed by atoms with Crippen molar-refractivity contribution in [1.29, 1.82) is 0 Å². The summed E-state index contributed by atoms with van der Waals surface area (Å²) in [7, 11) is 3.44. The number of pyridine rings is 1. The summed E-state index contributed by atoms with van der Waals surface area (Å²) >= 11 is 0. The van der Waals surface area contributed by atoms with Crippen LogP contribution in [-0.2, 0) is 12.8 Å². The first-order valence-electron chi connectivity index (χ1n) is 9.97. The lowest BCUT2D eigenvalue weighted by Gasteiger charge is -2.24. The normalized spacial score (nSPS) is 15.6. The van der Waals surface area contributed by atoms with Gasteiger partial charge in [0.1, 0.15) is 0 Å². The highest BCUT2D eigenvalue weighted by Gasteiger charge is 2.25. The molecule has 0 fully saturated rings. The van der Waals surface area contributed by atoms with Crippen molar-refractivity contribution in [2.75, 3.05) is 19.4 Å². The predicted molar refractivity (Wildman–Crippen MR) is 115 cm³/mol. The molecule has 1 N–H and O–H groups in total. The third-order valence-electron chi connectivity index (χ3n) is 5.53. The molecule has 0 bridgehead atoms. The Morgan fingerprint density at radius 1 is 1.07 bits per heavy atom. The molecule has 3 aromatic rings. The maximum atomic E-state index is 13.3. The molecule has 5 heteroatoms. The quantitative estimate of drug-likeness (QED) is 0.728. The molecular formula is C24H25N3O2. The first-order chi connectivity index (χ1) is 13.9. The van der Waals surface area contributed by atoms with E-state index in [0.29, 0.717) is 17.2 Å². The van der Waals surface area contributed by atoms with Crippen molar-refractivity contribution in [3.63, 3.8) is 0 Å². The number of anilines is 1. The smallest absolute Gasteiger partial charge is 0.256 e. The Kier molecular flexibility index (Phi) is 5.05. The van der Waals surface area contributed by atoms with Crippen LogP contribution in [0.2, 0.25) is 0 Å². The third kappa shape index (κ3) is 3.73. The molecule has 0 spiro atoms. The Balaban J connectivity index is 1.70. The Labute approximate surface area is 170 Å². The summed E-state index contributed by atoms with van der Waals surface area (Å²) in [6.45, 7) is 2.22. The molecule has 29 heavy (non-hydrogen) atoms. The van der Waals surface area contributed by atoms with Gasteiger partial charge in [0.15, 0.2) is 0 Å². The molecule has 1 heterocycles. The summed E-state index contributed by atoms with van der Waals surface area (Å²) in [6, 6.07) is 14.8. The first-order valence-corrected chi connectivity index (χ1v) is 9.97. The van der Waals surface area contributed by atoms with Crippen molar-refractivity contribution in [1.82, 2.24) is 9.88 Å². The molecule has 1 aliphatic carbocycles. The van der Waals surface area contributed by atoms with Gasteiger partial charge in [-0.2, -0.15) is 0 Å². The second-order valence-electron chi connectivity index (χ2n) is 8.01. The average Bonchev–Trinajstić information content (AvgIpc) is 2.72. The van der Waals surface area contributed by atoms with Crippen molar-refractivity contribution in [2.45, 2.75) is 26.2 Å². The van der Waals surface area contributed by atoms with Crippen molar-refractivity contribution >= 4 is 28.4 Å². The molecule has 0 unspecified atom stereocenters. The van der Waals surface area contributed by atoms with E-state index in [-0.39, 0.29) is 11.8 Å². The van der Waals surface area contributed by atoms with E-state index in [1.54, 1.807) is 38.4 Å². The van der Waals surface area contributed by atoms with Gasteiger partial charge in [0.05, 0.1) is 11.1 Å². The van der Waals surface area contributed by atoms with Gasteiger partial charge in [-0.15, -0.1) is 0 Å². The summed E-state index contributed by atoms with van der Waals surface area (Å²) in [5, 5.41) is 3.91. The van der Waals surface area contributed by atoms with Crippen molar-refractivity contribution in [3.05, 3.63) is 70.9 Å². The van der Waals surface area contributed by atoms with E-state index in [2.05, 4.69) is 12.2 Å².